The molecule has 1 atom stereocenters. The normalized spacial score (nSPS) is 17.7. The van der Waals surface area contributed by atoms with Crippen molar-refractivity contribution in [3.63, 3.8) is 0 Å². The number of hydrogen-bond donors (Lipinski definition) is 2. The van der Waals surface area contributed by atoms with Crippen LogP contribution in [0.5, 0.6) is 0 Å². The van der Waals surface area contributed by atoms with Crippen LogP contribution in [-0.2, 0) is 6.42 Å². The van der Waals surface area contributed by atoms with Gasteiger partial charge in [0.05, 0.1) is 5.69 Å². The molecule has 1 aliphatic rings. The van der Waals surface area contributed by atoms with Gasteiger partial charge in [0.25, 0.3) is 0 Å². The van der Waals surface area contributed by atoms with E-state index in [9.17, 15) is 9.50 Å². The molecule has 2 aromatic heterocycles. The van der Waals surface area contributed by atoms with E-state index in [4.69, 9.17) is 0 Å². The lowest BCUT2D eigenvalue weighted by molar-refractivity contribution is 0.0855. The molecule has 1 fully saturated rings. The molecule has 1 aliphatic heterocycles. The summed E-state index contributed by atoms with van der Waals surface area (Å²) >= 11 is 0. The van der Waals surface area contributed by atoms with Gasteiger partial charge >= 0.3 is 0 Å². The lowest BCUT2D eigenvalue weighted by atomic mass is 9.91. The van der Waals surface area contributed by atoms with E-state index in [1.807, 2.05) is 11.8 Å². The first-order chi connectivity index (χ1) is 10.7. The molecule has 2 aromatic rings. The molecular weight excluding hydrogens is 285 g/mol. The fourth-order valence-corrected chi connectivity index (χ4v) is 2.95. The molecular formula is C15H20FN5O. The number of anilines is 1. The van der Waals surface area contributed by atoms with Crippen LogP contribution in [0.2, 0.25) is 0 Å². The summed E-state index contributed by atoms with van der Waals surface area (Å²) in [6, 6.07) is 0. The molecule has 0 saturated carbocycles. The van der Waals surface area contributed by atoms with Crippen LogP contribution in [0.25, 0.3) is 0 Å². The number of hydrogen-bond acceptors (Lipinski definition) is 5. The van der Waals surface area contributed by atoms with Crippen molar-refractivity contribution in [1.82, 2.24) is 19.9 Å². The molecule has 0 aliphatic carbocycles. The van der Waals surface area contributed by atoms with Crippen LogP contribution in [0.4, 0.5) is 10.2 Å². The van der Waals surface area contributed by atoms with Crippen molar-refractivity contribution < 1.29 is 9.50 Å². The molecule has 0 amide bonds. The van der Waals surface area contributed by atoms with Gasteiger partial charge in [-0.1, -0.05) is 6.92 Å². The van der Waals surface area contributed by atoms with Crippen LogP contribution >= 0.6 is 0 Å². The monoisotopic (exact) mass is 305 g/mol. The smallest absolute Gasteiger partial charge is 0.187 e. The molecule has 1 saturated heterocycles. The van der Waals surface area contributed by atoms with Gasteiger partial charge in [0.15, 0.2) is 11.6 Å². The summed E-state index contributed by atoms with van der Waals surface area (Å²) in [4.78, 5) is 17.0. The highest BCUT2D eigenvalue weighted by Crippen LogP contribution is 2.31. The maximum atomic E-state index is 14.3. The second-order valence-corrected chi connectivity index (χ2v) is 5.56. The molecule has 0 bridgehead atoms. The maximum Gasteiger partial charge on any atom is 0.187 e. The summed E-state index contributed by atoms with van der Waals surface area (Å²) in [5, 5.41) is 10.3. The Morgan fingerprint density at radius 3 is 2.77 bits per heavy atom. The maximum absolute atomic E-state index is 14.3. The Morgan fingerprint density at radius 1 is 1.36 bits per heavy atom. The number of nitrogens with one attached hydrogen (secondary N) is 1. The van der Waals surface area contributed by atoms with Crippen molar-refractivity contribution in [1.29, 1.82) is 0 Å². The van der Waals surface area contributed by atoms with E-state index < -0.39 is 6.10 Å². The van der Waals surface area contributed by atoms with Crippen molar-refractivity contribution in [2.75, 3.05) is 18.0 Å². The van der Waals surface area contributed by atoms with Gasteiger partial charge in [-0.15, -0.1) is 0 Å². The fraction of sp³-hybridized carbons (Fsp3) is 0.533. The van der Waals surface area contributed by atoms with Gasteiger partial charge in [-0.3, -0.25) is 0 Å². The summed E-state index contributed by atoms with van der Waals surface area (Å²) < 4.78 is 14.3. The number of aliphatic hydroxyl groups excluding tert-OH is 1. The van der Waals surface area contributed by atoms with Crippen molar-refractivity contribution in [2.45, 2.75) is 32.3 Å². The van der Waals surface area contributed by atoms with Crippen LogP contribution in [0.15, 0.2) is 18.7 Å². The van der Waals surface area contributed by atoms with Crippen LogP contribution in [0, 0.1) is 11.7 Å². The molecule has 2 N–H and O–H groups in total. The van der Waals surface area contributed by atoms with Crippen LogP contribution < -0.4 is 4.90 Å². The fourth-order valence-electron chi connectivity index (χ4n) is 2.95. The quantitative estimate of drug-likeness (QED) is 0.901. The zero-order chi connectivity index (χ0) is 15.5. The standard InChI is InChI=1S/C15H20FN5O/c1-2-11-12(16)15(20-9-19-11)21-7-3-10(4-8-21)13(22)14-17-5-6-18-14/h5-6,9-10,13,22H,2-4,7-8H2,1H3,(H,17,18)/t13-/m1/s1. The number of halogens is 1. The molecule has 3 rings (SSSR count). The van der Waals surface area contributed by atoms with E-state index in [2.05, 4.69) is 19.9 Å². The first-order valence-corrected chi connectivity index (χ1v) is 7.62. The third-order valence-corrected chi connectivity index (χ3v) is 4.26. The molecule has 6 nitrogen and oxygen atoms in total. The van der Waals surface area contributed by atoms with Gasteiger partial charge in [0, 0.05) is 25.5 Å². The highest BCUT2D eigenvalue weighted by molar-refractivity contribution is 5.41. The molecule has 0 unspecified atom stereocenters. The van der Waals surface area contributed by atoms with Gasteiger partial charge in [-0.05, 0) is 25.2 Å². The SMILES string of the molecule is CCc1ncnc(N2CCC([C@@H](O)c3ncc[nH]3)CC2)c1F. The Morgan fingerprint density at radius 2 is 2.14 bits per heavy atom. The predicted octanol–water partition coefficient (Wildman–Crippen LogP) is 1.85. The van der Waals surface area contributed by atoms with E-state index in [-0.39, 0.29) is 11.7 Å². The van der Waals surface area contributed by atoms with E-state index in [1.165, 1.54) is 6.33 Å². The van der Waals surface area contributed by atoms with Gasteiger partial charge in [-0.25, -0.2) is 19.3 Å². The second kappa shape index (κ2) is 6.39. The summed E-state index contributed by atoms with van der Waals surface area (Å²) in [7, 11) is 0. The van der Waals surface area contributed by atoms with Crippen LogP contribution in [0.1, 0.15) is 37.4 Å². The number of nitrogens with zero attached hydrogens (tertiary/aromatic N) is 4. The number of aromatic nitrogens is 4. The number of aryl methyl sites for hydroxylation is 1. The minimum absolute atomic E-state index is 0.123. The Balaban J connectivity index is 1.67. The average Bonchev–Trinajstić information content (AvgIpc) is 3.09. The van der Waals surface area contributed by atoms with Gasteiger partial charge < -0.3 is 15.0 Å². The molecule has 0 spiro atoms. The highest BCUT2D eigenvalue weighted by atomic mass is 19.1. The summed E-state index contributed by atoms with van der Waals surface area (Å²) in [5.41, 5.74) is 0.447. The van der Waals surface area contributed by atoms with Crippen molar-refractivity contribution in [3.8, 4) is 0 Å². The van der Waals surface area contributed by atoms with Gasteiger partial charge in [0.2, 0.25) is 0 Å². The lowest BCUT2D eigenvalue weighted by Gasteiger charge is -2.34. The number of piperidine rings is 1. The van der Waals surface area contributed by atoms with Crippen molar-refractivity contribution >= 4 is 5.82 Å². The minimum Gasteiger partial charge on any atom is -0.385 e. The summed E-state index contributed by atoms with van der Waals surface area (Å²) in [6.45, 7) is 3.21. The number of rotatable bonds is 4. The molecule has 0 radical (unpaired) electrons. The number of H-pyrrole nitrogens is 1. The zero-order valence-corrected chi connectivity index (χ0v) is 12.5. The predicted molar refractivity (Wildman–Crippen MR) is 79.9 cm³/mol. The van der Waals surface area contributed by atoms with E-state index in [0.717, 1.165) is 12.8 Å². The molecule has 0 aromatic carbocycles. The zero-order valence-electron chi connectivity index (χ0n) is 12.5. The highest BCUT2D eigenvalue weighted by Gasteiger charge is 2.29. The molecule has 22 heavy (non-hydrogen) atoms. The van der Waals surface area contributed by atoms with Gasteiger partial charge in [-0.2, -0.15) is 0 Å². The van der Waals surface area contributed by atoms with Gasteiger partial charge in [0.1, 0.15) is 18.3 Å². The van der Waals surface area contributed by atoms with Crippen LogP contribution in [0.3, 0.4) is 0 Å². The topological polar surface area (TPSA) is 77.9 Å². The first kappa shape index (κ1) is 14.9. The summed E-state index contributed by atoms with van der Waals surface area (Å²) in [5.74, 6) is 0.769. The third kappa shape index (κ3) is 2.81. The Bertz CT molecular complexity index is 610. The van der Waals surface area contributed by atoms with Crippen molar-refractivity contribution in [2.24, 2.45) is 5.92 Å². The second-order valence-electron chi connectivity index (χ2n) is 5.56. The van der Waals surface area contributed by atoms with E-state index in [0.29, 0.717) is 36.8 Å². The number of aromatic amines is 1. The first-order valence-electron chi connectivity index (χ1n) is 7.62. The molecule has 7 heteroatoms. The average molecular weight is 305 g/mol. The third-order valence-electron chi connectivity index (χ3n) is 4.26. The lowest BCUT2D eigenvalue weighted by Crippen LogP contribution is -2.37. The molecule has 3 heterocycles. The Kier molecular flexibility index (Phi) is 4.33. The van der Waals surface area contributed by atoms with E-state index >= 15 is 0 Å². The van der Waals surface area contributed by atoms with E-state index in [1.54, 1.807) is 12.4 Å². The Hall–Kier alpha value is -2.02. The molecule has 118 valence electrons. The summed E-state index contributed by atoms with van der Waals surface area (Å²) in [6.07, 6.45) is 6.25. The number of aliphatic hydroxyl groups is 1. The van der Waals surface area contributed by atoms with Crippen LogP contribution in [-0.4, -0.2) is 38.1 Å². The Labute approximate surface area is 128 Å². The minimum atomic E-state index is -0.599. The largest absolute Gasteiger partial charge is 0.385 e. The van der Waals surface area contributed by atoms with Crippen molar-refractivity contribution in [3.05, 3.63) is 36.1 Å². The number of imidazole rings is 1.